The topological polar surface area (TPSA) is 83.0 Å². The second-order valence-electron chi connectivity index (χ2n) is 6.34. The molecule has 8 heteroatoms. The van der Waals surface area contributed by atoms with Crippen LogP contribution in [0.2, 0.25) is 0 Å². The van der Waals surface area contributed by atoms with Gasteiger partial charge in [0.05, 0.1) is 17.4 Å². The van der Waals surface area contributed by atoms with Gasteiger partial charge in [-0.1, -0.05) is 6.07 Å². The maximum absolute atomic E-state index is 11.9. The van der Waals surface area contributed by atoms with Gasteiger partial charge in [-0.05, 0) is 44.6 Å². The van der Waals surface area contributed by atoms with E-state index in [1.807, 2.05) is 31.4 Å². The number of likely N-dealkylation sites (tertiary alicyclic amines) is 1. The van der Waals surface area contributed by atoms with Crippen LogP contribution in [0.15, 0.2) is 22.5 Å². The van der Waals surface area contributed by atoms with Crippen molar-refractivity contribution < 1.29 is 14.3 Å². The van der Waals surface area contributed by atoms with E-state index in [0.717, 1.165) is 49.7 Å². The fraction of sp³-hybridized carbons (Fsp3) is 0.632. The predicted molar refractivity (Wildman–Crippen MR) is 108 cm³/mol. The minimum atomic E-state index is -0.0828. The third kappa shape index (κ3) is 6.86. The lowest BCUT2D eigenvalue weighted by molar-refractivity contribution is -0.149. The van der Waals surface area contributed by atoms with Gasteiger partial charge in [-0.2, -0.15) is 0 Å². The first kappa shape index (κ1) is 21.2. The molecule has 1 fully saturated rings. The van der Waals surface area contributed by atoms with E-state index < -0.39 is 0 Å². The van der Waals surface area contributed by atoms with Crippen LogP contribution >= 0.6 is 11.3 Å². The molecule has 7 nitrogen and oxygen atoms in total. The number of nitrogens with one attached hydrogen (secondary N) is 2. The second-order valence-corrected chi connectivity index (χ2v) is 7.28. The highest BCUT2D eigenvalue weighted by Crippen LogP contribution is 2.18. The fourth-order valence-corrected chi connectivity index (χ4v) is 3.61. The Morgan fingerprint density at radius 2 is 2.07 bits per heavy atom. The molecule has 0 saturated carbocycles. The van der Waals surface area contributed by atoms with Crippen molar-refractivity contribution >= 4 is 29.2 Å². The summed E-state index contributed by atoms with van der Waals surface area (Å²) >= 11 is 1.44. The molecule has 2 N–H and O–H groups in total. The van der Waals surface area contributed by atoms with E-state index in [0.29, 0.717) is 19.7 Å². The Kier molecular flexibility index (Phi) is 9.10. The molecule has 2 heterocycles. The van der Waals surface area contributed by atoms with E-state index in [4.69, 9.17) is 4.74 Å². The Morgan fingerprint density at radius 3 is 2.70 bits per heavy atom. The van der Waals surface area contributed by atoms with Crippen molar-refractivity contribution in [3.05, 3.63) is 22.4 Å². The smallest absolute Gasteiger partial charge is 0.309 e. The molecule has 2 rings (SSSR count). The van der Waals surface area contributed by atoms with E-state index in [1.165, 1.54) is 11.3 Å². The number of guanidine groups is 1. The lowest BCUT2D eigenvalue weighted by atomic mass is 9.97. The standard InChI is InChI=1S/C19H30N4O3S/c1-3-20-19(23-12-8-15(9-13-23)18(25)26-4-2)22-11-6-10-21-17(24)16-7-5-14-27-16/h5,7,14-15H,3-4,6,8-13H2,1-2H3,(H,20,22)(H,21,24). The summed E-state index contributed by atoms with van der Waals surface area (Å²) in [6, 6.07) is 3.69. The Hall–Kier alpha value is -2.09. The monoisotopic (exact) mass is 394 g/mol. The maximum Gasteiger partial charge on any atom is 0.309 e. The number of rotatable bonds is 8. The van der Waals surface area contributed by atoms with Crippen molar-refractivity contribution in [3.63, 3.8) is 0 Å². The highest BCUT2D eigenvalue weighted by Gasteiger charge is 2.27. The molecular formula is C19H30N4O3S. The predicted octanol–water partition coefficient (Wildman–Crippen LogP) is 2.11. The van der Waals surface area contributed by atoms with Gasteiger partial charge < -0.3 is 20.3 Å². The Bertz CT molecular complexity index is 610. The van der Waals surface area contributed by atoms with Gasteiger partial charge in [0, 0.05) is 32.7 Å². The summed E-state index contributed by atoms with van der Waals surface area (Å²) in [4.78, 5) is 31.4. The van der Waals surface area contributed by atoms with Crippen LogP contribution in [0.25, 0.3) is 0 Å². The van der Waals surface area contributed by atoms with E-state index in [-0.39, 0.29) is 17.8 Å². The molecule has 27 heavy (non-hydrogen) atoms. The molecule has 0 atom stereocenters. The van der Waals surface area contributed by atoms with Gasteiger partial charge >= 0.3 is 5.97 Å². The highest BCUT2D eigenvalue weighted by atomic mass is 32.1. The van der Waals surface area contributed by atoms with Gasteiger partial charge in [0.2, 0.25) is 0 Å². The molecule has 1 amide bonds. The average Bonchev–Trinajstić information content (AvgIpc) is 3.22. The number of nitrogens with zero attached hydrogens (tertiary/aromatic N) is 2. The maximum atomic E-state index is 11.9. The molecule has 0 unspecified atom stereocenters. The van der Waals surface area contributed by atoms with Gasteiger partial charge in [0.1, 0.15) is 0 Å². The summed E-state index contributed by atoms with van der Waals surface area (Å²) in [7, 11) is 0. The number of amides is 1. The third-order valence-electron chi connectivity index (χ3n) is 4.38. The lowest BCUT2D eigenvalue weighted by Gasteiger charge is -2.33. The van der Waals surface area contributed by atoms with Crippen molar-refractivity contribution in [2.45, 2.75) is 33.1 Å². The molecule has 150 valence electrons. The van der Waals surface area contributed by atoms with Crippen LogP contribution in [0.3, 0.4) is 0 Å². The number of esters is 1. The third-order valence-corrected chi connectivity index (χ3v) is 5.24. The van der Waals surface area contributed by atoms with Crippen LogP contribution in [-0.4, -0.2) is 62.1 Å². The molecule has 1 aromatic rings. The van der Waals surface area contributed by atoms with Gasteiger partial charge in [0.25, 0.3) is 5.91 Å². The molecule has 1 saturated heterocycles. The molecule has 0 aliphatic carbocycles. The van der Waals surface area contributed by atoms with Crippen LogP contribution in [0.1, 0.15) is 42.8 Å². The van der Waals surface area contributed by atoms with E-state index >= 15 is 0 Å². The molecule has 0 spiro atoms. The Balaban J connectivity index is 1.74. The van der Waals surface area contributed by atoms with Gasteiger partial charge in [-0.15, -0.1) is 11.3 Å². The molecular weight excluding hydrogens is 364 g/mol. The quantitative estimate of drug-likeness (QED) is 0.305. The lowest BCUT2D eigenvalue weighted by Crippen LogP contribution is -2.46. The van der Waals surface area contributed by atoms with E-state index in [1.54, 1.807) is 0 Å². The number of carbonyl (C=O) groups is 2. The highest BCUT2D eigenvalue weighted by molar-refractivity contribution is 7.12. The van der Waals surface area contributed by atoms with Gasteiger partial charge in [0.15, 0.2) is 5.96 Å². The Labute approximate surface area is 165 Å². The number of ether oxygens (including phenoxy) is 1. The summed E-state index contributed by atoms with van der Waals surface area (Å²) in [5.74, 6) is 0.767. The molecule has 0 radical (unpaired) electrons. The van der Waals surface area contributed by atoms with Crippen LogP contribution in [-0.2, 0) is 9.53 Å². The van der Waals surface area contributed by atoms with Crippen LogP contribution in [0, 0.1) is 5.92 Å². The van der Waals surface area contributed by atoms with Gasteiger partial charge in [-0.3, -0.25) is 14.6 Å². The number of hydrogen-bond acceptors (Lipinski definition) is 5. The van der Waals surface area contributed by atoms with E-state index in [2.05, 4.69) is 20.5 Å². The molecule has 0 bridgehead atoms. The first-order chi connectivity index (χ1) is 13.2. The first-order valence-corrected chi connectivity index (χ1v) is 10.5. The zero-order valence-corrected chi connectivity index (χ0v) is 17.0. The fourth-order valence-electron chi connectivity index (χ4n) is 2.97. The molecule has 1 aliphatic heterocycles. The summed E-state index contributed by atoms with van der Waals surface area (Å²) in [5.41, 5.74) is 0. The zero-order chi connectivity index (χ0) is 19.5. The summed E-state index contributed by atoms with van der Waals surface area (Å²) in [5, 5.41) is 8.13. The molecule has 0 aromatic carbocycles. The van der Waals surface area contributed by atoms with Crippen LogP contribution < -0.4 is 10.6 Å². The summed E-state index contributed by atoms with van der Waals surface area (Å²) in [6.07, 6.45) is 2.37. The summed E-state index contributed by atoms with van der Waals surface area (Å²) < 4.78 is 5.13. The number of piperidine rings is 1. The number of thiophene rings is 1. The average molecular weight is 395 g/mol. The van der Waals surface area contributed by atoms with Gasteiger partial charge in [-0.25, -0.2) is 0 Å². The van der Waals surface area contributed by atoms with Crippen molar-refractivity contribution in [3.8, 4) is 0 Å². The van der Waals surface area contributed by atoms with Crippen molar-refractivity contribution in [1.82, 2.24) is 15.5 Å². The van der Waals surface area contributed by atoms with Crippen molar-refractivity contribution in [2.24, 2.45) is 10.9 Å². The molecule has 1 aromatic heterocycles. The minimum Gasteiger partial charge on any atom is -0.466 e. The summed E-state index contributed by atoms with van der Waals surface area (Å²) in [6.45, 7) is 7.95. The number of carbonyl (C=O) groups excluding carboxylic acids is 2. The number of aliphatic imine (C=N–C) groups is 1. The Morgan fingerprint density at radius 1 is 1.30 bits per heavy atom. The molecule has 1 aliphatic rings. The van der Waals surface area contributed by atoms with Crippen molar-refractivity contribution in [1.29, 1.82) is 0 Å². The zero-order valence-electron chi connectivity index (χ0n) is 16.2. The second kappa shape index (κ2) is 11.6. The van der Waals surface area contributed by atoms with Crippen LogP contribution in [0.4, 0.5) is 0 Å². The first-order valence-electron chi connectivity index (χ1n) is 9.67. The largest absolute Gasteiger partial charge is 0.466 e. The normalized spacial score (nSPS) is 15.5. The van der Waals surface area contributed by atoms with Crippen LogP contribution in [0.5, 0.6) is 0 Å². The van der Waals surface area contributed by atoms with Crippen molar-refractivity contribution in [2.75, 3.05) is 39.3 Å². The number of hydrogen-bond donors (Lipinski definition) is 2. The minimum absolute atomic E-state index is 0.00320. The van der Waals surface area contributed by atoms with E-state index in [9.17, 15) is 9.59 Å². The SMILES string of the molecule is CCNC(=NCCCNC(=O)c1cccs1)N1CCC(C(=O)OCC)CC1.